The first-order valence-electron chi connectivity index (χ1n) is 24.6. The lowest BCUT2D eigenvalue weighted by molar-refractivity contribution is -0.387. The number of aliphatic hydroxyl groups excluding tert-OH is 18. The van der Waals surface area contributed by atoms with Gasteiger partial charge in [-0.15, -0.1) is 0 Å². The number of carboxylic acids is 1. The van der Waals surface area contributed by atoms with Crippen LogP contribution in [0.25, 0.3) is 0 Å². The monoisotopic (exact) mass is 1140 g/mol. The second-order valence-electron chi connectivity index (χ2n) is 19.7. The summed E-state index contributed by atoms with van der Waals surface area (Å²) in [4.78, 5) is 37.6. The van der Waals surface area contributed by atoms with Crippen LogP contribution in [0.15, 0.2) is 0 Å². The first-order chi connectivity index (χ1) is 36.6. The molecule has 0 spiro atoms. The molecule has 6 aliphatic heterocycles. The van der Waals surface area contributed by atoms with E-state index in [1.807, 2.05) is 0 Å². The van der Waals surface area contributed by atoms with Crippen LogP contribution in [0.2, 0.25) is 0 Å². The van der Waals surface area contributed by atoms with Crippen molar-refractivity contribution in [2.45, 2.75) is 217 Å². The predicted molar refractivity (Wildman–Crippen MR) is 238 cm³/mol. The SMILES string of the molecule is CC(=O)N[C@H]1[C@H](OC[C@H]2O[C@@H](O[C@H]3[C@H](O[C@@H]4O[C@@H](C)[C@@H](O)[C@@H](O)[C@@H]4O)[C@@H](O)C(O)O[C@@H]3CO)[C@H](O)[C@@H](O)[C@H]2O)O[C@H](CO)[C@@H](O[C@@H]2O[C@H](CO)[C@H](O)[C@H](O[C@]3(C(=O)O)C[C@H](O)[C@@H](NC(C)=O)[C@H]([C@H](O)[C@H](O)CO)O3)[C@H]2O)[C@@H]1O. The first kappa shape index (κ1) is 64.4. The molecule has 78 heavy (non-hydrogen) atoms. The second-order valence-corrected chi connectivity index (χ2v) is 19.7. The van der Waals surface area contributed by atoms with E-state index in [1.54, 1.807) is 0 Å². The third-order valence-corrected chi connectivity index (χ3v) is 14.1. The lowest BCUT2D eigenvalue weighted by Gasteiger charge is -2.51. The molecule has 2 amide bonds. The van der Waals surface area contributed by atoms with Crippen molar-refractivity contribution in [2.75, 3.05) is 33.0 Å². The molecule has 0 aromatic heterocycles. The van der Waals surface area contributed by atoms with Crippen LogP contribution >= 0.6 is 0 Å². The van der Waals surface area contributed by atoms with Crippen molar-refractivity contribution < 1.29 is 164 Å². The summed E-state index contributed by atoms with van der Waals surface area (Å²) in [6.07, 6.45) is -56.0. The van der Waals surface area contributed by atoms with E-state index in [9.17, 15) is 111 Å². The first-order valence-corrected chi connectivity index (χ1v) is 24.6. The van der Waals surface area contributed by atoms with E-state index in [0.717, 1.165) is 13.8 Å². The van der Waals surface area contributed by atoms with Crippen molar-refractivity contribution in [1.82, 2.24) is 10.6 Å². The minimum atomic E-state index is -3.18. The van der Waals surface area contributed by atoms with Gasteiger partial charge in [0.05, 0.1) is 51.3 Å². The standard InChI is InChI=1S/C43H72N2O33/c1-10-21(54)26(59)28(61)39(69-10)76-36-30(63)37(65)70-17(8-49)33(36)75-40-29(62)27(60)23(56)18(73-40)9-68-38-20(45-12(3)51)25(58)32(16(7-48)72-38)74-41-31(64)35(24(57)15(6-47)71-41)78-43(42(66)67)4-13(52)19(44-11(2)50)34(77-43)22(55)14(53)5-46/h10,13-41,46-49,52-65H,4-9H2,1-3H3,(H,44,50)(H,45,51)(H,66,67)/t10-,13-,14+,15+,16+,17+,18+,19+,20+,21+,22+,23-,24-,25+,26+,27-,28-,29+,30+,31+,32+,33+,34+,35-,36+,37?,38+,39-,40-,41-,43-/m0/s1. The molecule has 6 saturated heterocycles. The molecule has 452 valence electrons. The van der Waals surface area contributed by atoms with Gasteiger partial charge in [0, 0.05) is 20.3 Å². The molecule has 6 fully saturated rings. The molecule has 6 aliphatic rings. The molecule has 6 rings (SSSR count). The largest absolute Gasteiger partial charge is 0.477 e. The number of hydrogen-bond donors (Lipinski definition) is 21. The van der Waals surface area contributed by atoms with E-state index in [4.69, 9.17) is 52.1 Å². The average molecular weight is 1150 g/mol. The highest BCUT2D eigenvalue weighted by molar-refractivity contribution is 5.76. The summed E-state index contributed by atoms with van der Waals surface area (Å²) in [5.41, 5.74) is 0. The van der Waals surface area contributed by atoms with Crippen LogP contribution in [0, 0.1) is 0 Å². The Morgan fingerprint density at radius 2 is 1.06 bits per heavy atom. The normalized spacial score (nSPS) is 48.1. The summed E-state index contributed by atoms with van der Waals surface area (Å²) in [7, 11) is 0. The van der Waals surface area contributed by atoms with Crippen LogP contribution in [-0.2, 0) is 66.5 Å². The van der Waals surface area contributed by atoms with Gasteiger partial charge in [0.1, 0.15) is 134 Å². The van der Waals surface area contributed by atoms with Crippen LogP contribution in [0.3, 0.4) is 0 Å². The lowest BCUT2D eigenvalue weighted by Crippen LogP contribution is -2.71. The third-order valence-electron chi connectivity index (χ3n) is 14.1. The summed E-state index contributed by atoms with van der Waals surface area (Å²) in [5, 5.41) is 208. The fourth-order valence-electron chi connectivity index (χ4n) is 9.86. The summed E-state index contributed by atoms with van der Waals surface area (Å²) in [6.45, 7) is -1.91. The lowest BCUT2D eigenvalue weighted by atomic mass is 9.88. The summed E-state index contributed by atoms with van der Waals surface area (Å²) in [6, 6.07) is -3.41. The fraction of sp³-hybridized carbons (Fsp3) is 0.930. The maximum absolute atomic E-state index is 13.0. The number of hydrogen-bond acceptors (Lipinski definition) is 32. The quantitative estimate of drug-likeness (QED) is 0.0538. The highest BCUT2D eigenvalue weighted by Gasteiger charge is 2.61. The number of aliphatic hydroxyl groups is 18. The zero-order valence-corrected chi connectivity index (χ0v) is 41.8. The molecule has 0 aliphatic carbocycles. The Kier molecular flexibility index (Phi) is 22.4. The average Bonchev–Trinajstić information content (AvgIpc) is 3.40. The number of ether oxygens (including phenoxy) is 11. The Labute approximate surface area is 441 Å². The minimum Gasteiger partial charge on any atom is -0.477 e. The topological polar surface area (TPSA) is 561 Å². The number of carboxylic acid groups (broad SMARTS) is 1. The van der Waals surface area contributed by atoms with E-state index < -0.39 is 247 Å². The highest BCUT2D eigenvalue weighted by atomic mass is 16.8. The molecule has 0 radical (unpaired) electrons. The van der Waals surface area contributed by atoms with Crippen molar-refractivity contribution in [2.24, 2.45) is 0 Å². The van der Waals surface area contributed by atoms with Gasteiger partial charge in [0.25, 0.3) is 5.79 Å². The number of aliphatic carboxylic acids is 1. The van der Waals surface area contributed by atoms with Crippen LogP contribution < -0.4 is 10.6 Å². The summed E-state index contributed by atoms with van der Waals surface area (Å²) < 4.78 is 62.4. The smallest absolute Gasteiger partial charge is 0.364 e. The molecule has 31 atom stereocenters. The third kappa shape index (κ3) is 13.7. The Bertz CT molecular complexity index is 1950. The van der Waals surface area contributed by atoms with Crippen LogP contribution in [0.1, 0.15) is 27.2 Å². The zero-order valence-electron chi connectivity index (χ0n) is 41.8. The Balaban J connectivity index is 1.19. The van der Waals surface area contributed by atoms with Gasteiger partial charge in [0.15, 0.2) is 31.5 Å². The van der Waals surface area contributed by atoms with Gasteiger partial charge in [-0.05, 0) is 6.92 Å². The van der Waals surface area contributed by atoms with Crippen LogP contribution in [0.4, 0.5) is 0 Å². The van der Waals surface area contributed by atoms with Crippen molar-refractivity contribution in [1.29, 1.82) is 0 Å². The van der Waals surface area contributed by atoms with E-state index in [0.29, 0.717) is 0 Å². The summed E-state index contributed by atoms with van der Waals surface area (Å²) >= 11 is 0. The Morgan fingerprint density at radius 3 is 1.64 bits per heavy atom. The second kappa shape index (κ2) is 27.1. The van der Waals surface area contributed by atoms with E-state index >= 15 is 0 Å². The molecule has 0 aromatic carbocycles. The van der Waals surface area contributed by atoms with Crippen molar-refractivity contribution in [3.05, 3.63) is 0 Å². The maximum Gasteiger partial charge on any atom is 0.364 e. The molecular weight excluding hydrogens is 1070 g/mol. The molecule has 1 unspecified atom stereocenters. The number of carbonyl (C=O) groups excluding carboxylic acids is 2. The molecular formula is C43H72N2O33. The van der Waals surface area contributed by atoms with Gasteiger partial charge in [-0.25, -0.2) is 4.79 Å². The van der Waals surface area contributed by atoms with Crippen molar-refractivity contribution in [3.63, 3.8) is 0 Å². The van der Waals surface area contributed by atoms with Gasteiger partial charge < -0.3 is 160 Å². The molecule has 21 N–H and O–H groups in total. The Morgan fingerprint density at radius 1 is 0.551 bits per heavy atom. The minimum absolute atomic E-state index is 0.818. The number of carbonyl (C=O) groups is 3. The van der Waals surface area contributed by atoms with Crippen LogP contribution in [0.5, 0.6) is 0 Å². The van der Waals surface area contributed by atoms with E-state index in [2.05, 4.69) is 10.6 Å². The molecule has 0 saturated carbocycles. The zero-order chi connectivity index (χ0) is 58.0. The van der Waals surface area contributed by atoms with Gasteiger partial charge in [-0.3, -0.25) is 9.59 Å². The molecule has 0 aromatic rings. The van der Waals surface area contributed by atoms with Gasteiger partial charge in [-0.1, -0.05) is 0 Å². The van der Waals surface area contributed by atoms with Gasteiger partial charge in [-0.2, -0.15) is 0 Å². The van der Waals surface area contributed by atoms with E-state index in [1.165, 1.54) is 6.92 Å². The van der Waals surface area contributed by atoms with Gasteiger partial charge >= 0.3 is 5.97 Å². The molecule has 35 heteroatoms. The fourth-order valence-corrected chi connectivity index (χ4v) is 9.86. The Hall–Kier alpha value is -2.75. The number of nitrogens with one attached hydrogen (secondary N) is 2. The summed E-state index contributed by atoms with van der Waals surface area (Å²) in [5.74, 6) is -6.93. The van der Waals surface area contributed by atoms with Crippen LogP contribution in [-0.4, -0.2) is 338 Å². The molecule has 6 heterocycles. The predicted octanol–water partition coefficient (Wildman–Crippen LogP) is -13.6. The number of amides is 2. The molecule has 35 nitrogen and oxygen atoms in total. The van der Waals surface area contributed by atoms with Crippen molar-refractivity contribution >= 4 is 17.8 Å². The highest BCUT2D eigenvalue weighted by Crippen LogP contribution is 2.39. The number of rotatable bonds is 20. The maximum atomic E-state index is 13.0. The molecule has 0 bridgehead atoms. The van der Waals surface area contributed by atoms with E-state index in [-0.39, 0.29) is 0 Å². The van der Waals surface area contributed by atoms with Crippen molar-refractivity contribution in [3.8, 4) is 0 Å². The van der Waals surface area contributed by atoms with Gasteiger partial charge in [0.2, 0.25) is 11.8 Å².